The Morgan fingerprint density at radius 3 is 2.29 bits per heavy atom. The first-order valence-electron chi connectivity index (χ1n) is 7.77. The van der Waals surface area contributed by atoms with Crippen molar-refractivity contribution >= 4 is 29.4 Å². The number of rotatable bonds is 6. The van der Waals surface area contributed by atoms with E-state index >= 15 is 0 Å². The lowest BCUT2D eigenvalue weighted by atomic mass is 10.0. The first-order valence-corrected chi connectivity index (χ1v) is 8.15. The van der Waals surface area contributed by atoms with Gasteiger partial charge in [0.05, 0.1) is 0 Å². The maximum absolute atomic E-state index is 12.3. The molecule has 0 amide bonds. The standard InChI is InChI=1S/C20H19ClO3/c1-3-15-4-9-17(10-5-15)20(23)14(2)24-19(22)13-8-16-6-11-18(21)12-7-16/h4-14H,3H2,1-2H3/b13-8+/t14-/m1/s1. The molecule has 0 unspecified atom stereocenters. The summed E-state index contributed by atoms with van der Waals surface area (Å²) < 4.78 is 5.17. The molecular weight excluding hydrogens is 324 g/mol. The molecule has 4 heteroatoms. The summed E-state index contributed by atoms with van der Waals surface area (Å²) in [6, 6.07) is 14.4. The summed E-state index contributed by atoms with van der Waals surface area (Å²) in [5.41, 5.74) is 2.52. The third-order valence-corrected chi connectivity index (χ3v) is 3.84. The molecule has 124 valence electrons. The molecule has 24 heavy (non-hydrogen) atoms. The van der Waals surface area contributed by atoms with Gasteiger partial charge in [-0.05, 0) is 42.7 Å². The van der Waals surface area contributed by atoms with Crippen LogP contribution in [0.3, 0.4) is 0 Å². The van der Waals surface area contributed by atoms with Crippen LogP contribution in [0.2, 0.25) is 5.02 Å². The van der Waals surface area contributed by atoms with Crippen LogP contribution in [-0.4, -0.2) is 17.9 Å². The highest BCUT2D eigenvalue weighted by atomic mass is 35.5. The van der Waals surface area contributed by atoms with E-state index in [2.05, 4.69) is 0 Å². The zero-order chi connectivity index (χ0) is 17.5. The fourth-order valence-corrected chi connectivity index (χ4v) is 2.27. The number of benzene rings is 2. The van der Waals surface area contributed by atoms with Crippen LogP contribution in [0.1, 0.15) is 35.3 Å². The number of hydrogen-bond donors (Lipinski definition) is 0. The van der Waals surface area contributed by atoms with Gasteiger partial charge in [-0.2, -0.15) is 0 Å². The molecule has 0 aliphatic carbocycles. The van der Waals surface area contributed by atoms with Gasteiger partial charge in [0.25, 0.3) is 0 Å². The van der Waals surface area contributed by atoms with Crippen LogP contribution in [0.4, 0.5) is 0 Å². The molecule has 0 fully saturated rings. The molecule has 0 heterocycles. The average Bonchev–Trinajstić information content (AvgIpc) is 2.60. The minimum Gasteiger partial charge on any atom is -0.451 e. The van der Waals surface area contributed by atoms with Gasteiger partial charge in [-0.25, -0.2) is 4.79 Å². The monoisotopic (exact) mass is 342 g/mol. The first-order chi connectivity index (χ1) is 11.5. The van der Waals surface area contributed by atoms with Gasteiger partial charge >= 0.3 is 5.97 Å². The molecule has 0 radical (unpaired) electrons. The van der Waals surface area contributed by atoms with E-state index in [0.717, 1.165) is 17.5 Å². The second-order valence-corrected chi connectivity index (χ2v) is 5.82. The lowest BCUT2D eigenvalue weighted by Gasteiger charge is -2.11. The molecule has 0 spiro atoms. The van der Waals surface area contributed by atoms with E-state index in [9.17, 15) is 9.59 Å². The minimum atomic E-state index is -0.833. The summed E-state index contributed by atoms with van der Waals surface area (Å²) in [6.45, 7) is 3.62. The number of carbonyl (C=O) groups excluding carboxylic acids is 2. The smallest absolute Gasteiger partial charge is 0.331 e. The molecule has 0 aliphatic rings. The molecule has 2 aromatic rings. The van der Waals surface area contributed by atoms with Crippen molar-refractivity contribution in [3.05, 3.63) is 76.3 Å². The largest absolute Gasteiger partial charge is 0.451 e. The van der Waals surface area contributed by atoms with E-state index in [-0.39, 0.29) is 5.78 Å². The van der Waals surface area contributed by atoms with Crippen LogP contribution in [-0.2, 0) is 16.0 Å². The van der Waals surface area contributed by atoms with Crippen LogP contribution < -0.4 is 0 Å². The van der Waals surface area contributed by atoms with E-state index in [1.54, 1.807) is 49.4 Å². The molecular formula is C20H19ClO3. The molecule has 0 bridgehead atoms. The molecule has 3 nitrogen and oxygen atoms in total. The Kier molecular flexibility index (Phi) is 6.33. The second-order valence-electron chi connectivity index (χ2n) is 5.38. The summed E-state index contributed by atoms with van der Waals surface area (Å²) >= 11 is 5.80. The quantitative estimate of drug-likeness (QED) is 0.433. The van der Waals surface area contributed by atoms with Gasteiger partial charge in [0, 0.05) is 16.7 Å². The van der Waals surface area contributed by atoms with Crippen molar-refractivity contribution in [3.63, 3.8) is 0 Å². The highest BCUT2D eigenvalue weighted by Crippen LogP contribution is 2.12. The normalized spacial score (nSPS) is 12.1. The topological polar surface area (TPSA) is 43.4 Å². The molecule has 0 aliphatic heterocycles. The number of hydrogen-bond acceptors (Lipinski definition) is 3. The maximum Gasteiger partial charge on any atom is 0.331 e. The predicted molar refractivity (Wildman–Crippen MR) is 96.2 cm³/mol. The van der Waals surface area contributed by atoms with Crippen molar-refractivity contribution in [2.24, 2.45) is 0 Å². The number of ketones is 1. The Morgan fingerprint density at radius 1 is 1.08 bits per heavy atom. The van der Waals surface area contributed by atoms with Crippen LogP contribution >= 0.6 is 11.6 Å². The van der Waals surface area contributed by atoms with Crippen LogP contribution in [0.25, 0.3) is 6.08 Å². The van der Waals surface area contributed by atoms with Crippen molar-refractivity contribution in [1.82, 2.24) is 0 Å². The van der Waals surface area contributed by atoms with Gasteiger partial charge < -0.3 is 4.74 Å². The molecule has 2 rings (SSSR count). The SMILES string of the molecule is CCc1ccc(C(=O)[C@@H](C)OC(=O)/C=C/c2ccc(Cl)cc2)cc1. The number of ether oxygens (including phenoxy) is 1. The van der Waals surface area contributed by atoms with Crippen molar-refractivity contribution in [2.45, 2.75) is 26.4 Å². The summed E-state index contributed by atoms with van der Waals surface area (Å²) in [5, 5.41) is 0.628. The van der Waals surface area contributed by atoms with Gasteiger partial charge in [-0.1, -0.05) is 54.9 Å². The fourth-order valence-electron chi connectivity index (χ4n) is 2.14. The zero-order valence-electron chi connectivity index (χ0n) is 13.7. The van der Waals surface area contributed by atoms with Gasteiger partial charge in [0.2, 0.25) is 5.78 Å². The Morgan fingerprint density at radius 2 is 1.71 bits per heavy atom. The number of Topliss-reactive ketones (excluding diaryl/α,β-unsaturated/α-hetero) is 1. The maximum atomic E-state index is 12.3. The Labute approximate surface area is 146 Å². The highest BCUT2D eigenvalue weighted by Gasteiger charge is 2.18. The summed E-state index contributed by atoms with van der Waals surface area (Å²) in [7, 11) is 0. The van der Waals surface area contributed by atoms with Gasteiger partial charge in [-0.15, -0.1) is 0 Å². The zero-order valence-corrected chi connectivity index (χ0v) is 14.4. The van der Waals surface area contributed by atoms with Crippen molar-refractivity contribution < 1.29 is 14.3 Å². The van der Waals surface area contributed by atoms with Crippen LogP contribution in [0.5, 0.6) is 0 Å². The lowest BCUT2D eigenvalue weighted by molar-refractivity contribution is -0.140. The summed E-state index contributed by atoms with van der Waals surface area (Å²) in [5.74, 6) is -0.776. The van der Waals surface area contributed by atoms with Crippen molar-refractivity contribution in [3.8, 4) is 0 Å². The lowest BCUT2D eigenvalue weighted by Crippen LogP contribution is -2.23. The Bertz CT molecular complexity index is 730. The van der Waals surface area contributed by atoms with Crippen molar-refractivity contribution in [2.75, 3.05) is 0 Å². The number of esters is 1. The van der Waals surface area contributed by atoms with Crippen LogP contribution in [0.15, 0.2) is 54.6 Å². The van der Waals surface area contributed by atoms with Gasteiger partial charge in [0.15, 0.2) is 6.10 Å². The Balaban J connectivity index is 1.94. The number of carbonyl (C=O) groups is 2. The molecule has 0 saturated carbocycles. The highest BCUT2D eigenvalue weighted by molar-refractivity contribution is 6.30. The average molecular weight is 343 g/mol. The third-order valence-electron chi connectivity index (χ3n) is 3.59. The van der Waals surface area contributed by atoms with E-state index in [0.29, 0.717) is 10.6 Å². The molecule has 2 aromatic carbocycles. The summed E-state index contributed by atoms with van der Waals surface area (Å²) in [4.78, 5) is 24.1. The van der Waals surface area contributed by atoms with E-state index in [1.807, 2.05) is 19.1 Å². The fraction of sp³-hybridized carbons (Fsp3) is 0.200. The molecule has 0 aromatic heterocycles. The van der Waals surface area contributed by atoms with Crippen molar-refractivity contribution in [1.29, 1.82) is 0 Å². The number of halogens is 1. The van der Waals surface area contributed by atoms with E-state index in [1.165, 1.54) is 6.08 Å². The van der Waals surface area contributed by atoms with Gasteiger partial charge in [0.1, 0.15) is 0 Å². The Hall–Kier alpha value is -2.39. The third kappa shape index (κ3) is 5.07. The number of aryl methyl sites for hydroxylation is 1. The molecule has 0 N–H and O–H groups in total. The van der Waals surface area contributed by atoms with E-state index < -0.39 is 12.1 Å². The van der Waals surface area contributed by atoms with Gasteiger partial charge in [-0.3, -0.25) is 4.79 Å². The predicted octanol–water partition coefficient (Wildman–Crippen LogP) is 4.73. The van der Waals surface area contributed by atoms with E-state index in [4.69, 9.17) is 16.3 Å². The first kappa shape index (κ1) is 18.0. The molecule has 0 saturated heterocycles. The minimum absolute atomic E-state index is 0.217. The van der Waals surface area contributed by atoms with Crippen LogP contribution in [0, 0.1) is 0 Å². The summed E-state index contributed by atoms with van der Waals surface area (Å²) in [6.07, 6.45) is 2.99. The molecule has 1 atom stereocenters. The second kappa shape index (κ2) is 8.46.